The van der Waals surface area contributed by atoms with Crippen LogP contribution in [0, 0.1) is 0 Å². The molecule has 0 saturated carbocycles. The fraction of sp³-hybridized carbons (Fsp3) is 0.462. The predicted molar refractivity (Wildman–Crippen MR) is 68.0 cm³/mol. The van der Waals surface area contributed by atoms with E-state index < -0.39 is 0 Å². The van der Waals surface area contributed by atoms with Gasteiger partial charge in [-0.1, -0.05) is 11.6 Å². The second-order valence-corrected chi connectivity index (χ2v) is 4.80. The SMILES string of the molecule is CN1CCCC1COc1ccc(C=O)cc1Cl. The Hall–Kier alpha value is -1.06. The summed E-state index contributed by atoms with van der Waals surface area (Å²) < 4.78 is 5.70. The molecular weight excluding hydrogens is 238 g/mol. The van der Waals surface area contributed by atoms with Crippen molar-refractivity contribution in [2.24, 2.45) is 0 Å². The van der Waals surface area contributed by atoms with Crippen LogP contribution in [0.5, 0.6) is 5.75 Å². The number of nitrogens with zero attached hydrogens (tertiary/aromatic N) is 1. The third kappa shape index (κ3) is 2.99. The van der Waals surface area contributed by atoms with E-state index in [0.717, 1.165) is 12.8 Å². The number of carbonyl (C=O) groups is 1. The van der Waals surface area contributed by atoms with Crippen LogP contribution in [-0.2, 0) is 0 Å². The molecule has 4 heteroatoms. The molecule has 0 N–H and O–H groups in total. The van der Waals surface area contributed by atoms with Crippen LogP contribution >= 0.6 is 11.6 Å². The Morgan fingerprint density at radius 2 is 2.41 bits per heavy atom. The van der Waals surface area contributed by atoms with Crippen LogP contribution in [-0.4, -0.2) is 37.4 Å². The highest BCUT2D eigenvalue weighted by Gasteiger charge is 2.21. The van der Waals surface area contributed by atoms with Gasteiger partial charge < -0.3 is 9.64 Å². The van der Waals surface area contributed by atoms with Gasteiger partial charge in [-0.2, -0.15) is 0 Å². The monoisotopic (exact) mass is 253 g/mol. The van der Waals surface area contributed by atoms with Gasteiger partial charge in [-0.25, -0.2) is 0 Å². The summed E-state index contributed by atoms with van der Waals surface area (Å²) in [4.78, 5) is 12.9. The van der Waals surface area contributed by atoms with Crippen molar-refractivity contribution >= 4 is 17.9 Å². The third-order valence-corrected chi connectivity index (χ3v) is 3.49. The average molecular weight is 254 g/mol. The molecule has 2 rings (SSSR count). The van der Waals surface area contributed by atoms with Crippen LogP contribution in [0.2, 0.25) is 5.02 Å². The normalized spacial score (nSPS) is 20.5. The number of rotatable bonds is 4. The maximum atomic E-state index is 10.6. The summed E-state index contributed by atoms with van der Waals surface area (Å²) in [6.07, 6.45) is 3.17. The van der Waals surface area contributed by atoms with Crippen molar-refractivity contribution in [1.29, 1.82) is 0 Å². The first-order valence-corrected chi connectivity index (χ1v) is 6.16. The van der Waals surface area contributed by atoms with E-state index in [1.807, 2.05) is 0 Å². The van der Waals surface area contributed by atoms with Crippen LogP contribution in [0.3, 0.4) is 0 Å². The van der Waals surface area contributed by atoms with Crippen LogP contribution in [0.4, 0.5) is 0 Å². The lowest BCUT2D eigenvalue weighted by atomic mass is 10.2. The Labute approximate surface area is 106 Å². The van der Waals surface area contributed by atoms with Crippen molar-refractivity contribution < 1.29 is 9.53 Å². The molecule has 1 aliphatic rings. The molecule has 1 aromatic rings. The number of halogens is 1. The molecule has 1 fully saturated rings. The third-order valence-electron chi connectivity index (χ3n) is 3.19. The van der Waals surface area contributed by atoms with E-state index in [4.69, 9.17) is 16.3 Å². The van der Waals surface area contributed by atoms with Gasteiger partial charge in [0.2, 0.25) is 0 Å². The summed E-state index contributed by atoms with van der Waals surface area (Å²) in [7, 11) is 2.11. The molecule has 0 bridgehead atoms. The minimum Gasteiger partial charge on any atom is -0.490 e. The van der Waals surface area contributed by atoms with E-state index in [2.05, 4.69) is 11.9 Å². The zero-order chi connectivity index (χ0) is 12.3. The highest BCUT2D eigenvalue weighted by molar-refractivity contribution is 6.32. The van der Waals surface area contributed by atoms with Gasteiger partial charge in [0.1, 0.15) is 18.6 Å². The summed E-state index contributed by atoms with van der Waals surface area (Å²) in [5.74, 6) is 0.651. The summed E-state index contributed by atoms with van der Waals surface area (Å²) in [5, 5.41) is 0.496. The lowest BCUT2D eigenvalue weighted by Crippen LogP contribution is -2.30. The van der Waals surface area contributed by atoms with Crippen molar-refractivity contribution in [2.45, 2.75) is 18.9 Å². The second kappa shape index (κ2) is 5.52. The maximum absolute atomic E-state index is 10.6. The molecule has 92 valence electrons. The van der Waals surface area contributed by atoms with E-state index in [0.29, 0.717) is 29.0 Å². The number of aldehydes is 1. The van der Waals surface area contributed by atoms with Crippen molar-refractivity contribution in [2.75, 3.05) is 20.2 Å². The highest BCUT2D eigenvalue weighted by atomic mass is 35.5. The second-order valence-electron chi connectivity index (χ2n) is 4.40. The summed E-state index contributed by atoms with van der Waals surface area (Å²) in [6.45, 7) is 1.78. The smallest absolute Gasteiger partial charge is 0.150 e. The Kier molecular flexibility index (Phi) is 4.02. The summed E-state index contributed by atoms with van der Waals surface area (Å²) >= 11 is 6.03. The van der Waals surface area contributed by atoms with E-state index in [1.165, 1.54) is 12.8 Å². The molecule has 1 saturated heterocycles. The van der Waals surface area contributed by atoms with Gasteiger partial charge in [0.15, 0.2) is 0 Å². The lowest BCUT2D eigenvalue weighted by molar-refractivity contribution is 0.112. The van der Waals surface area contributed by atoms with Crippen molar-refractivity contribution in [3.8, 4) is 5.75 Å². The Morgan fingerprint density at radius 3 is 3.00 bits per heavy atom. The van der Waals surface area contributed by atoms with Crippen molar-refractivity contribution in [1.82, 2.24) is 4.90 Å². The maximum Gasteiger partial charge on any atom is 0.150 e. The van der Waals surface area contributed by atoms with Crippen LogP contribution in [0.15, 0.2) is 18.2 Å². The Morgan fingerprint density at radius 1 is 1.59 bits per heavy atom. The molecule has 1 aromatic carbocycles. The highest BCUT2D eigenvalue weighted by Crippen LogP contribution is 2.26. The first-order valence-electron chi connectivity index (χ1n) is 5.78. The minimum absolute atomic E-state index is 0.469. The standard InChI is InChI=1S/C13H16ClNO2/c1-15-6-2-3-11(15)9-17-13-5-4-10(8-16)7-12(13)14/h4-5,7-8,11H,2-3,6,9H2,1H3. The van der Waals surface area contributed by atoms with Gasteiger partial charge in [0.05, 0.1) is 5.02 Å². The molecule has 17 heavy (non-hydrogen) atoms. The van der Waals surface area contributed by atoms with Gasteiger partial charge in [0, 0.05) is 11.6 Å². The molecule has 1 aliphatic heterocycles. The van der Waals surface area contributed by atoms with Crippen LogP contribution in [0.1, 0.15) is 23.2 Å². The van der Waals surface area contributed by atoms with Gasteiger partial charge in [-0.05, 0) is 44.6 Å². The molecule has 0 amide bonds. The van der Waals surface area contributed by atoms with E-state index in [-0.39, 0.29) is 0 Å². The minimum atomic E-state index is 0.469. The molecule has 1 atom stereocenters. The zero-order valence-corrected chi connectivity index (χ0v) is 10.6. The van der Waals surface area contributed by atoms with E-state index in [9.17, 15) is 4.79 Å². The van der Waals surface area contributed by atoms with Gasteiger partial charge in [0.25, 0.3) is 0 Å². The lowest BCUT2D eigenvalue weighted by Gasteiger charge is -2.20. The number of carbonyl (C=O) groups excluding carboxylic acids is 1. The van der Waals surface area contributed by atoms with E-state index >= 15 is 0 Å². The molecule has 0 aliphatic carbocycles. The number of ether oxygens (including phenoxy) is 1. The summed E-state index contributed by atoms with van der Waals surface area (Å²) in [5.41, 5.74) is 0.570. The fourth-order valence-corrected chi connectivity index (χ4v) is 2.33. The Balaban J connectivity index is 1.96. The van der Waals surface area contributed by atoms with Gasteiger partial charge in [-0.15, -0.1) is 0 Å². The number of benzene rings is 1. The fourth-order valence-electron chi connectivity index (χ4n) is 2.08. The predicted octanol–water partition coefficient (Wildman–Crippen LogP) is 2.63. The molecule has 1 heterocycles. The first-order chi connectivity index (χ1) is 8.20. The van der Waals surface area contributed by atoms with E-state index in [1.54, 1.807) is 18.2 Å². The van der Waals surface area contributed by atoms with Gasteiger partial charge in [-0.3, -0.25) is 4.79 Å². The number of likely N-dealkylation sites (N-methyl/N-ethyl adjacent to an activating group) is 1. The average Bonchev–Trinajstić information content (AvgIpc) is 2.73. The Bertz CT molecular complexity index is 408. The zero-order valence-electron chi connectivity index (χ0n) is 9.86. The summed E-state index contributed by atoms with van der Waals surface area (Å²) in [6, 6.07) is 5.56. The topological polar surface area (TPSA) is 29.5 Å². The van der Waals surface area contributed by atoms with Crippen molar-refractivity contribution in [3.05, 3.63) is 28.8 Å². The number of hydrogen-bond donors (Lipinski definition) is 0. The van der Waals surface area contributed by atoms with Gasteiger partial charge >= 0.3 is 0 Å². The molecule has 3 nitrogen and oxygen atoms in total. The number of hydrogen-bond acceptors (Lipinski definition) is 3. The number of likely N-dealkylation sites (tertiary alicyclic amines) is 1. The molecule has 0 spiro atoms. The quantitative estimate of drug-likeness (QED) is 0.773. The first kappa shape index (κ1) is 12.4. The molecule has 1 unspecified atom stereocenters. The van der Waals surface area contributed by atoms with Crippen LogP contribution in [0.25, 0.3) is 0 Å². The largest absolute Gasteiger partial charge is 0.490 e. The molecular formula is C13H16ClNO2. The molecule has 0 aromatic heterocycles. The van der Waals surface area contributed by atoms with Crippen molar-refractivity contribution in [3.63, 3.8) is 0 Å². The molecule has 0 radical (unpaired) electrons. The van der Waals surface area contributed by atoms with Crippen LogP contribution < -0.4 is 4.74 Å².